The second-order valence-electron chi connectivity index (χ2n) is 13.0. The number of rotatable bonds is 30. The average Bonchev–Trinajstić information content (AvgIpc) is 2.94. The van der Waals surface area contributed by atoms with Gasteiger partial charge in [-0.05, 0) is 57.8 Å². The first-order chi connectivity index (χ1) is 20.5. The standard InChI is InChI=1S/C35H68NO6P/c1-6-8-9-10-11-12-13-14-15-16-17-18-19-20-21-22-23-24-25-26-27-28-29-30-35(38)41-31-33(37)32-42-43(39,40)34(7-2)36(3,4)5/h13-14,25-26,33-34,37H,6-12,15-24,27-32H2,1-5H3/p+1/b14-13-,26-25-/t33-,34?/m1/s1. The van der Waals surface area contributed by atoms with Crippen LogP contribution in [0.15, 0.2) is 24.3 Å². The maximum absolute atomic E-state index is 12.5. The van der Waals surface area contributed by atoms with E-state index in [4.69, 9.17) is 9.26 Å². The number of hydrogen-bond donors (Lipinski definition) is 2. The molecule has 0 heterocycles. The summed E-state index contributed by atoms with van der Waals surface area (Å²) in [5, 5.41) is 10.0. The van der Waals surface area contributed by atoms with Gasteiger partial charge in [-0.3, -0.25) is 9.36 Å². The third-order valence-electron chi connectivity index (χ3n) is 7.83. The van der Waals surface area contributed by atoms with Crippen molar-refractivity contribution in [3.8, 4) is 0 Å². The SMILES string of the molecule is CCCCCCC/C=C\CCCCCCCCCC/C=C\CCCCC(=O)OC[C@@H](O)COP(=O)(O)C(CC)[N+](C)(C)C. The van der Waals surface area contributed by atoms with Crippen LogP contribution in [0.25, 0.3) is 0 Å². The number of esters is 1. The van der Waals surface area contributed by atoms with Gasteiger partial charge in [0.15, 0.2) is 5.78 Å². The Hall–Kier alpha value is -0.980. The lowest BCUT2D eigenvalue weighted by molar-refractivity contribution is -0.883. The molecule has 0 fully saturated rings. The second kappa shape index (κ2) is 27.3. The van der Waals surface area contributed by atoms with Gasteiger partial charge in [-0.15, -0.1) is 0 Å². The van der Waals surface area contributed by atoms with Crippen molar-refractivity contribution in [1.82, 2.24) is 0 Å². The molecule has 0 saturated heterocycles. The Morgan fingerprint density at radius 1 is 0.698 bits per heavy atom. The minimum atomic E-state index is -3.91. The van der Waals surface area contributed by atoms with Gasteiger partial charge in [0.1, 0.15) is 12.7 Å². The summed E-state index contributed by atoms with van der Waals surface area (Å²) in [5.41, 5.74) is 0. The number of quaternary nitrogens is 1. The third-order valence-corrected chi connectivity index (χ3v) is 10.2. The van der Waals surface area contributed by atoms with Crippen LogP contribution < -0.4 is 0 Å². The maximum atomic E-state index is 12.5. The minimum absolute atomic E-state index is 0.239. The van der Waals surface area contributed by atoms with Crippen LogP contribution in [0.4, 0.5) is 0 Å². The summed E-state index contributed by atoms with van der Waals surface area (Å²) < 4.78 is 23.1. The summed E-state index contributed by atoms with van der Waals surface area (Å²) >= 11 is 0. The van der Waals surface area contributed by atoms with Gasteiger partial charge in [0, 0.05) is 12.8 Å². The molecule has 0 aliphatic carbocycles. The zero-order chi connectivity index (χ0) is 32.2. The molecule has 0 rings (SSSR count). The van der Waals surface area contributed by atoms with Crippen LogP contribution in [-0.2, 0) is 18.6 Å². The molecule has 8 heteroatoms. The third kappa shape index (κ3) is 26.0. The summed E-state index contributed by atoms with van der Waals surface area (Å²) in [6.07, 6.45) is 32.7. The van der Waals surface area contributed by atoms with Crippen LogP contribution in [0.5, 0.6) is 0 Å². The Bertz CT molecular complexity index is 764. The first kappa shape index (κ1) is 42.0. The molecule has 254 valence electrons. The van der Waals surface area contributed by atoms with E-state index in [9.17, 15) is 19.4 Å². The van der Waals surface area contributed by atoms with E-state index < -0.39 is 19.5 Å². The smallest absolute Gasteiger partial charge is 0.385 e. The molecule has 0 saturated carbocycles. The molecule has 7 nitrogen and oxygen atoms in total. The first-order valence-corrected chi connectivity index (χ1v) is 19.1. The average molecular weight is 631 g/mol. The van der Waals surface area contributed by atoms with Crippen LogP contribution in [0, 0.1) is 0 Å². The van der Waals surface area contributed by atoms with Crippen LogP contribution in [-0.4, -0.2) is 66.7 Å². The number of aliphatic hydroxyl groups excluding tert-OH is 1. The summed E-state index contributed by atoms with van der Waals surface area (Å²) in [6, 6.07) is 0. The van der Waals surface area contributed by atoms with Gasteiger partial charge in [-0.2, -0.15) is 0 Å². The molecule has 0 aliphatic heterocycles. The lowest BCUT2D eigenvalue weighted by Gasteiger charge is -2.35. The Morgan fingerprint density at radius 2 is 1.12 bits per heavy atom. The highest BCUT2D eigenvalue weighted by Crippen LogP contribution is 2.51. The van der Waals surface area contributed by atoms with Gasteiger partial charge in [-0.1, -0.05) is 102 Å². The molecule has 0 amide bonds. The number of nitrogens with zero attached hydrogens (tertiary/aromatic N) is 1. The highest BCUT2D eigenvalue weighted by atomic mass is 31.2. The first-order valence-electron chi connectivity index (χ1n) is 17.5. The van der Waals surface area contributed by atoms with E-state index in [2.05, 4.69) is 31.2 Å². The van der Waals surface area contributed by atoms with Crippen molar-refractivity contribution in [2.24, 2.45) is 0 Å². The van der Waals surface area contributed by atoms with Crippen LogP contribution in [0.2, 0.25) is 0 Å². The lowest BCUT2D eigenvalue weighted by Crippen LogP contribution is -2.45. The zero-order valence-corrected chi connectivity index (χ0v) is 29.5. The van der Waals surface area contributed by atoms with Crippen LogP contribution >= 0.6 is 7.60 Å². The summed E-state index contributed by atoms with van der Waals surface area (Å²) in [6.45, 7) is 3.51. The molecule has 0 aromatic heterocycles. The van der Waals surface area contributed by atoms with Gasteiger partial charge < -0.3 is 23.7 Å². The molecule has 2 unspecified atom stereocenters. The number of hydrogen-bond acceptors (Lipinski definition) is 5. The topological polar surface area (TPSA) is 93.1 Å². The molecular formula is C35H69NO6P+. The van der Waals surface area contributed by atoms with Crippen LogP contribution in [0.3, 0.4) is 0 Å². The van der Waals surface area contributed by atoms with Crippen molar-refractivity contribution in [2.75, 3.05) is 34.4 Å². The van der Waals surface area contributed by atoms with Gasteiger partial charge in [0.25, 0.3) is 0 Å². The van der Waals surface area contributed by atoms with E-state index in [0.717, 1.165) is 25.7 Å². The lowest BCUT2D eigenvalue weighted by atomic mass is 10.1. The van der Waals surface area contributed by atoms with E-state index in [1.54, 1.807) is 0 Å². The number of allylic oxidation sites excluding steroid dienone is 4. The Labute approximate surface area is 265 Å². The molecule has 0 bridgehead atoms. The molecular weight excluding hydrogens is 561 g/mol. The summed E-state index contributed by atoms with van der Waals surface area (Å²) in [5.74, 6) is -0.957. The fraction of sp³-hybridized carbons (Fsp3) is 0.857. The van der Waals surface area contributed by atoms with Crippen molar-refractivity contribution in [3.05, 3.63) is 24.3 Å². The number of unbranched alkanes of at least 4 members (excludes halogenated alkanes) is 16. The molecule has 0 radical (unpaired) electrons. The molecule has 3 atom stereocenters. The van der Waals surface area contributed by atoms with Crippen molar-refractivity contribution in [1.29, 1.82) is 0 Å². The molecule has 0 aliphatic rings. The zero-order valence-electron chi connectivity index (χ0n) is 28.6. The van der Waals surface area contributed by atoms with Gasteiger partial charge in [0.2, 0.25) is 0 Å². The van der Waals surface area contributed by atoms with E-state index >= 15 is 0 Å². The number of ether oxygens (including phenoxy) is 1. The van der Waals surface area contributed by atoms with E-state index in [1.165, 1.54) is 96.3 Å². The fourth-order valence-corrected chi connectivity index (χ4v) is 7.15. The van der Waals surface area contributed by atoms with E-state index in [-0.39, 0.29) is 23.7 Å². The summed E-state index contributed by atoms with van der Waals surface area (Å²) in [7, 11) is 1.57. The van der Waals surface area contributed by atoms with Crippen molar-refractivity contribution >= 4 is 13.6 Å². The summed E-state index contributed by atoms with van der Waals surface area (Å²) in [4.78, 5) is 22.2. The van der Waals surface area contributed by atoms with Crippen LogP contribution in [0.1, 0.15) is 149 Å². The number of carbonyl (C=O) groups excluding carboxylic acids is 1. The number of carbonyl (C=O) groups is 1. The Kier molecular flexibility index (Phi) is 26.7. The minimum Gasteiger partial charge on any atom is -0.463 e. The van der Waals surface area contributed by atoms with E-state index in [0.29, 0.717) is 12.8 Å². The quantitative estimate of drug-likeness (QED) is 0.0270. The highest BCUT2D eigenvalue weighted by Gasteiger charge is 2.41. The van der Waals surface area contributed by atoms with Gasteiger partial charge in [0.05, 0.1) is 27.7 Å². The van der Waals surface area contributed by atoms with Gasteiger partial charge >= 0.3 is 13.6 Å². The molecule has 0 spiro atoms. The van der Waals surface area contributed by atoms with Crippen molar-refractivity contribution in [3.63, 3.8) is 0 Å². The molecule has 0 aromatic carbocycles. The predicted molar refractivity (Wildman–Crippen MR) is 181 cm³/mol. The molecule has 0 aromatic rings. The van der Waals surface area contributed by atoms with Gasteiger partial charge in [-0.25, -0.2) is 0 Å². The van der Waals surface area contributed by atoms with Crippen molar-refractivity contribution < 1.29 is 33.1 Å². The molecule has 2 N–H and O–H groups in total. The second-order valence-corrected chi connectivity index (χ2v) is 15.0. The van der Waals surface area contributed by atoms with E-state index in [1.807, 2.05) is 28.1 Å². The largest absolute Gasteiger partial charge is 0.463 e. The normalized spacial score (nSPS) is 15.2. The molecule has 43 heavy (non-hydrogen) atoms. The predicted octanol–water partition coefficient (Wildman–Crippen LogP) is 9.47. The maximum Gasteiger partial charge on any atom is 0.385 e. The van der Waals surface area contributed by atoms with Crippen molar-refractivity contribution in [2.45, 2.75) is 161 Å². The highest BCUT2D eigenvalue weighted by molar-refractivity contribution is 7.53. The number of aliphatic hydroxyl groups is 1. The fourth-order valence-electron chi connectivity index (χ4n) is 5.26. The monoisotopic (exact) mass is 630 g/mol. The Balaban J connectivity index is 3.58. The Morgan fingerprint density at radius 3 is 1.53 bits per heavy atom.